The van der Waals surface area contributed by atoms with E-state index in [1.54, 1.807) is 0 Å². The number of nitrogens with one attached hydrogen (secondary N) is 4. The van der Waals surface area contributed by atoms with E-state index in [0.29, 0.717) is 0 Å². The Morgan fingerprint density at radius 1 is 0.554 bits per heavy atom. The number of amides is 4. The van der Waals surface area contributed by atoms with Crippen LogP contribution in [0.3, 0.4) is 0 Å². The van der Waals surface area contributed by atoms with E-state index < -0.39 is 228 Å². The molecule has 0 saturated carbocycles. The molecule has 5 aliphatic heterocycles. The van der Waals surface area contributed by atoms with Gasteiger partial charge in [0.25, 0.3) is 5.79 Å². The predicted molar refractivity (Wildman–Crippen MR) is 230 cm³/mol. The average molecular weight is 1080 g/mol. The summed E-state index contributed by atoms with van der Waals surface area (Å²) in [5.74, 6) is -8.37. The fourth-order valence-corrected chi connectivity index (χ4v) is 9.25. The maximum atomic E-state index is 13.0. The first-order valence-electron chi connectivity index (χ1n) is 23.2. The highest BCUT2D eigenvalue weighted by molar-refractivity contribution is 5.77. The van der Waals surface area contributed by atoms with E-state index in [2.05, 4.69) is 21.3 Å². The fourth-order valence-electron chi connectivity index (χ4n) is 9.25. The molecule has 0 aromatic heterocycles. The Hall–Kier alpha value is -3.57. The molecule has 5 heterocycles. The Morgan fingerprint density at radius 3 is 1.58 bits per heavy atom. The van der Waals surface area contributed by atoms with E-state index >= 15 is 0 Å². The monoisotopic (exact) mass is 1080 g/mol. The third-order valence-corrected chi connectivity index (χ3v) is 12.9. The van der Waals surface area contributed by atoms with Gasteiger partial charge in [0.2, 0.25) is 23.6 Å². The molecule has 0 aliphatic carbocycles. The Balaban J connectivity index is 1.38. The second kappa shape index (κ2) is 26.2. The van der Waals surface area contributed by atoms with Crippen molar-refractivity contribution in [3.8, 4) is 0 Å². The number of carboxylic acids is 1. The van der Waals surface area contributed by atoms with Gasteiger partial charge in [-0.25, -0.2) is 4.79 Å². The zero-order valence-electron chi connectivity index (χ0n) is 40.1. The molecule has 0 bridgehead atoms. The molecule has 33 nitrogen and oxygen atoms in total. The number of aliphatic hydroxyl groups excluding tert-OH is 14. The quantitative estimate of drug-likeness (QED) is 0.0538. The number of rotatable bonds is 20. The topological polar surface area (TPSA) is 520 Å². The second-order valence-electron chi connectivity index (χ2n) is 18.4. The highest BCUT2D eigenvalue weighted by atomic mass is 16.8. The molecular formula is C41H68N4O29. The molecule has 5 aliphatic rings. The van der Waals surface area contributed by atoms with E-state index in [0.717, 1.165) is 27.7 Å². The largest absolute Gasteiger partial charge is 0.477 e. The SMILES string of the molecule is CC(=O)N[C@@H]1[C@@H](O[C@@H]2O[C@H](CO)[C@@H](O)[C@H](O)[C@H]2NC(C)=O)[C@@H](O)[C@@H](CO[C@@H]2O[C@H](CO)[C@@H](O[C@@H]3O[C@H](CO)[C@H](O)[C@H](O[C@]4(C(=O)O)C[C@H](O)[C@@H](NC(C)=O)[C@H]([C@H](O)[C@H](O)CO)O4)[C@H]3O)[C@H](O)[C@H]2NC(C)=O)O[C@@H]1O. The molecular weight excluding hydrogens is 1010 g/mol. The molecule has 26 atom stereocenters. The zero-order valence-corrected chi connectivity index (χ0v) is 40.1. The molecule has 5 saturated heterocycles. The van der Waals surface area contributed by atoms with Crippen LogP contribution in [0.15, 0.2) is 0 Å². The first-order valence-corrected chi connectivity index (χ1v) is 23.2. The summed E-state index contributed by atoms with van der Waals surface area (Å²) >= 11 is 0. The van der Waals surface area contributed by atoms with Crippen molar-refractivity contribution in [2.24, 2.45) is 0 Å². The molecule has 5 fully saturated rings. The minimum atomic E-state index is -3.16. The van der Waals surface area contributed by atoms with Gasteiger partial charge in [0.15, 0.2) is 25.2 Å². The van der Waals surface area contributed by atoms with E-state index in [1.165, 1.54) is 0 Å². The Labute approximate surface area is 419 Å². The van der Waals surface area contributed by atoms with Crippen LogP contribution in [0.2, 0.25) is 0 Å². The summed E-state index contributed by atoms with van der Waals surface area (Å²) < 4.78 is 51.6. The number of carbonyl (C=O) groups is 5. The summed E-state index contributed by atoms with van der Waals surface area (Å²) in [7, 11) is 0. The van der Waals surface area contributed by atoms with Gasteiger partial charge >= 0.3 is 5.97 Å². The van der Waals surface area contributed by atoms with Gasteiger partial charge in [0, 0.05) is 34.1 Å². The third-order valence-electron chi connectivity index (χ3n) is 12.9. The molecule has 0 aromatic carbocycles. The number of carbonyl (C=O) groups excluding carboxylic acids is 4. The first kappa shape index (κ1) is 61.3. The normalized spacial score (nSPS) is 43.6. The number of ether oxygens (including phenoxy) is 9. The molecule has 0 unspecified atom stereocenters. The van der Waals surface area contributed by atoms with E-state index in [4.69, 9.17) is 42.6 Å². The van der Waals surface area contributed by atoms with Gasteiger partial charge in [-0.3, -0.25) is 19.2 Å². The molecule has 5 rings (SSSR count). The second-order valence-corrected chi connectivity index (χ2v) is 18.4. The Bertz CT molecular complexity index is 1900. The minimum Gasteiger partial charge on any atom is -0.477 e. The highest BCUT2D eigenvalue weighted by Gasteiger charge is 2.61. The lowest BCUT2D eigenvalue weighted by molar-refractivity contribution is -0.383. The summed E-state index contributed by atoms with van der Waals surface area (Å²) in [4.78, 5) is 61.8. The van der Waals surface area contributed by atoms with Crippen LogP contribution in [0.4, 0.5) is 0 Å². The van der Waals surface area contributed by atoms with E-state index in [-0.39, 0.29) is 0 Å². The van der Waals surface area contributed by atoms with Gasteiger partial charge < -0.3 is 140 Å². The summed E-state index contributed by atoms with van der Waals surface area (Å²) in [6.45, 7) is -0.862. The number of hydrogen-bond donors (Lipinski definition) is 19. The predicted octanol–water partition coefficient (Wildman–Crippen LogP) is -12.1. The van der Waals surface area contributed by atoms with Crippen molar-refractivity contribution >= 4 is 29.6 Å². The molecule has 19 N–H and O–H groups in total. The van der Waals surface area contributed by atoms with Crippen LogP contribution >= 0.6 is 0 Å². The van der Waals surface area contributed by atoms with E-state index in [1.807, 2.05) is 0 Å². The number of hydrogen-bond acceptors (Lipinski definition) is 28. The van der Waals surface area contributed by atoms with Gasteiger partial charge in [-0.1, -0.05) is 0 Å². The first-order chi connectivity index (χ1) is 34.7. The van der Waals surface area contributed by atoms with Gasteiger partial charge in [-0.2, -0.15) is 0 Å². The van der Waals surface area contributed by atoms with Crippen LogP contribution < -0.4 is 21.3 Å². The molecule has 33 heteroatoms. The van der Waals surface area contributed by atoms with Crippen molar-refractivity contribution in [1.82, 2.24) is 21.3 Å². The summed E-state index contributed by atoms with van der Waals surface area (Å²) in [5.41, 5.74) is 0. The maximum Gasteiger partial charge on any atom is 0.364 e. The van der Waals surface area contributed by atoms with Crippen molar-refractivity contribution in [3.05, 3.63) is 0 Å². The molecule has 426 valence electrons. The van der Waals surface area contributed by atoms with Crippen molar-refractivity contribution in [1.29, 1.82) is 0 Å². The van der Waals surface area contributed by atoms with Crippen LogP contribution in [0.5, 0.6) is 0 Å². The van der Waals surface area contributed by atoms with Gasteiger partial charge in [0.1, 0.15) is 116 Å². The zero-order chi connectivity index (χ0) is 55.3. The van der Waals surface area contributed by atoms with Gasteiger partial charge in [0.05, 0.1) is 45.2 Å². The van der Waals surface area contributed by atoms with Gasteiger partial charge in [-0.15, -0.1) is 0 Å². The molecule has 0 radical (unpaired) electrons. The van der Waals surface area contributed by atoms with E-state index in [9.17, 15) is 101 Å². The van der Waals surface area contributed by atoms with Crippen molar-refractivity contribution < 1.29 is 143 Å². The lowest BCUT2D eigenvalue weighted by Crippen LogP contribution is -2.71. The number of carboxylic acid groups (broad SMARTS) is 1. The third kappa shape index (κ3) is 13.7. The van der Waals surface area contributed by atoms with Crippen LogP contribution in [-0.4, -0.2) is 298 Å². The summed E-state index contributed by atoms with van der Waals surface area (Å²) in [6, 6.07) is -6.54. The number of aliphatic hydroxyl groups is 14. The van der Waals surface area contributed by atoms with Crippen LogP contribution in [-0.2, 0) is 66.6 Å². The van der Waals surface area contributed by atoms with Crippen molar-refractivity contribution in [3.63, 3.8) is 0 Å². The Morgan fingerprint density at radius 2 is 1.04 bits per heavy atom. The summed E-state index contributed by atoms with van der Waals surface area (Å²) in [6.07, 6.45) is -42.0. The highest BCUT2D eigenvalue weighted by Crippen LogP contribution is 2.39. The minimum absolute atomic E-state index is 0.738. The standard InChI is InChI=1S/C41H68N4O29/c1-11(50)42-21-15(54)5-41(40(64)65,73-34(21)25(56)16(55)6-46)74-35-27(58)18(8-48)69-39(31(35)62)71-32-19(9-49)70-37(23(30(32)61)44-13(3)52)66-10-20-28(59)33(24(36(63)67-20)45-14(4)53)72-38-22(43-12(2)51)29(60)26(57)17(7-47)68-38/h15-39,46-49,54-63H,5-10H2,1-4H3,(H,42,50)(H,43,51)(H,44,52)(H,45,53)(H,64,65)/t15-,16+,17+,18+,19+,20+,21+,22+,23+,24+,25+,26+,27-,28-,29+,30+,31+,32+,33+,34+,35-,36-,37+,38-,39-,41-/m0/s1. The molecule has 0 aromatic rings. The molecule has 74 heavy (non-hydrogen) atoms. The number of aliphatic carboxylic acids is 1. The lowest BCUT2D eigenvalue weighted by atomic mass is 9.88. The lowest BCUT2D eigenvalue weighted by Gasteiger charge is -2.51. The van der Waals surface area contributed by atoms with Crippen molar-refractivity contribution in [2.45, 2.75) is 193 Å². The maximum absolute atomic E-state index is 13.0. The molecule has 4 amide bonds. The Kier molecular flexibility index (Phi) is 21.7. The van der Waals surface area contributed by atoms with Gasteiger partial charge in [-0.05, 0) is 0 Å². The van der Waals surface area contributed by atoms with Crippen LogP contribution in [0, 0.1) is 0 Å². The van der Waals surface area contributed by atoms with Crippen LogP contribution in [0.1, 0.15) is 34.1 Å². The van der Waals surface area contributed by atoms with Crippen molar-refractivity contribution in [2.75, 3.05) is 33.0 Å². The van der Waals surface area contributed by atoms with Crippen LogP contribution in [0.25, 0.3) is 0 Å². The fraction of sp³-hybridized carbons (Fsp3) is 0.878. The molecule has 0 spiro atoms. The smallest absolute Gasteiger partial charge is 0.364 e. The summed E-state index contributed by atoms with van der Waals surface area (Å²) in [5, 5.41) is 171. The average Bonchev–Trinajstić information content (AvgIpc) is 3.33.